The van der Waals surface area contributed by atoms with Gasteiger partial charge < -0.3 is 14.5 Å². The van der Waals surface area contributed by atoms with Crippen LogP contribution in [0.4, 0.5) is 5.69 Å². The normalized spacial score (nSPS) is 17.0. The molecular weight excluding hydrogens is 316 g/mol. The molecule has 1 atom stereocenters. The van der Waals surface area contributed by atoms with E-state index in [0.29, 0.717) is 13.0 Å². The molecule has 1 aromatic rings. The Morgan fingerprint density at radius 2 is 1.76 bits per heavy atom. The summed E-state index contributed by atoms with van der Waals surface area (Å²) < 4.78 is 5.16. The molecule has 2 rings (SSSR count). The Kier molecular flexibility index (Phi) is 7.29. The second kappa shape index (κ2) is 9.44. The van der Waals surface area contributed by atoms with Gasteiger partial charge in [0.05, 0.1) is 13.0 Å². The molecule has 0 saturated carbocycles. The summed E-state index contributed by atoms with van der Waals surface area (Å²) in [6.07, 6.45) is 4.46. The Labute approximate surface area is 150 Å². The van der Waals surface area contributed by atoms with Crippen molar-refractivity contribution in [2.45, 2.75) is 46.0 Å². The second-order valence-electron chi connectivity index (χ2n) is 6.64. The van der Waals surface area contributed by atoms with Crippen molar-refractivity contribution in [3.05, 3.63) is 24.3 Å². The van der Waals surface area contributed by atoms with Gasteiger partial charge in [0.15, 0.2) is 0 Å². The van der Waals surface area contributed by atoms with Crippen LogP contribution >= 0.6 is 0 Å². The van der Waals surface area contributed by atoms with E-state index in [1.54, 1.807) is 12.0 Å². The highest BCUT2D eigenvalue weighted by molar-refractivity contribution is 6.00. The number of hydrogen-bond acceptors (Lipinski definition) is 3. The number of anilines is 1. The molecule has 25 heavy (non-hydrogen) atoms. The van der Waals surface area contributed by atoms with E-state index in [4.69, 9.17) is 4.74 Å². The number of benzene rings is 1. The van der Waals surface area contributed by atoms with Crippen molar-refractivity contribution in [1.82, 2.24) is 4.90 Å². The molecule has 1 aliphatic heterocycles. The molecule has 1 aliphatic rings. The van der Waals surface area contributed by atoms with Crippen LogP contribution in [0.1, 0.15) is 46.0 Å². The molecule has 0 radical (unpaired) electrons. The largest absolute Gasteiger partial charge is 0.497 e. The maximum Gasteiger partial charge on any atom is 0.228 e. The van der Waals surface area contributed by atoms with Crippen LogP contribution in [0.2, 0.25) is 0 Å². The fourth-order valence-corrected chi connectivity index (χ4v) is 3.17. The average Bonchev–Trinajstić information content (AvgIpc) is 3.03. The zero-order chi connectivity index (χ0) is 18.2. The number of carbonyl (C=O) groups excluding carboxylic acids is 2. The van der Waals surface area contributed by atoms with Gasteiger partial charge in [0.2, 0.25) is 11.8 Å². The van der Waals surface area contributed by atoms with Crippen LogP contribution in [-0.4, -0.2) is 43.5 Å². The number of ether oxygens (including phenoxy) is 1. The van der Waals surface area contributed by atoms with Crippen molar-refractivity contribution in [1.29, 1.82) is 0 Å². The van der Waals surface area contributed by atoms with Gasteiger partial charge in [-0.1, -0.05) is 26.7 Å². The van der Waals surface area contributed by atoms with Crippen LogP contribution in [0.5, 0.6) is 5.75 Å². The molecule has 0 N–H and O–H groups in total. The van der Waals surface area contributed by atoms with Gasteiger partial charge in [0, 0.05) is 31.7 Å². The number of hydrogen-bond donors (Lipinski definition) is 0. The standard InChI is InChI=1S/C20H30N2O3/c1-4-6-12-21(13-7-5-2)20(24)16-14-19(23)22(15-16)17-8-10-18(25-3)11-9-17/h8-11,16H,4-7,12-15H2,1-3H3. The zero-order valence-corrected chi connectivity index (χ0v) is 15.7. The lowest BCUT2D eigenvalue weighted by Gasteiger charge is -2.25. The molecule has 2 amide bonds. The fraction of sp³-hybridized carbons (Fsp3) is 0.600. The van der Waals surface area contributed by atoms with Gasteiger partial charge in [-0.2, -0.15) is 0 Å². The van der Waals surface area contributed by atoms with Gasteiger partial charge >= 0.3 is 0 Å². The number of carbonyl (C=O) groups is 2. The van der Waals surface area contributed by atoms with Gasteiger partial charge in [-0.3, -0.25) is 9.59 Å². The molecular formula is C20H30N2O3. The van der Waals surface area contributed by atoms with E-state index in [2.05, 4.69) is 13.8 Å². The van der Waals surface area contributed by atoms with Crippen LogP contribution in [0, 0.1) is 5.92 Å². The van der Waals surface area contributed by atoms with Crippen molar-refractivity contribution in [3.8, 4) is 5.75 Å². The second-order valence-corrected chi connectivity index (χ2v) is 6.64. The van der Waals surface area contributed by atoms with Crippen LogP contribution in [0.3, 0.4) is 0 Å². The Hall–Kier alpha value is -2.04. The molecule has 1 aromatic carbocycles. The van der Waals surface area contributed by atoms with E-state index in [9.17, 15) is 9.59 Å². The topological polar surface area (TPSA) is 49.9 Å². The van der Waals surface area contributed by atoms with Gasteiger partial charge in [0.25, 0.3) is 0 Å². The van der Waals surface area contributed by atoms with Crippen LogP contribution in [0.25, 0.3) is 0 Å². The summed E-state index contributed by atoms with van der Waals surface area (Å²) in [4.78, 5) is 29.0. The summed E-state index contributed by atoms with van der Waals surface area (Å²) in [7, 11) is 1.62. The summed E-state index contributed by atoms with van der Waals surface area (Å²) in [6.45, 7) is 6.32. The minimum atomic E-state index is -0.233. The van der Waals surface area contributed by atoms with Crippen molar-refractivity contribution >= 4 is 17.5 Å². The Bertz CT molecular complexity index is 563. The van der Waals surface area contributed by atoms with E-state index >= 15 is 0 Å². The maximum atomic E-state index is 12.9. The third kappa shape index (κ3) is 4.97. The maximum absolute atomic E-state index is 12.9. The van der Waals surface area contributed by atoms with E-state index in [0.717, 1.165) is 50.2 Å². The number of methoxy groups -OCH3 is 1. The molecule has 1 unspecified atom stereocenters. The quantitative estimate of drug-likeness (QED) is 0.688. The van der Waals surface area contributed by atoms with Gasteiger partial charge in [-0.05, 0) is 37.1 Å². The molecule has 5 nitrogen and oxygen atoms in total. The molecule has 0 spiro atoms. The predicted molar refractivity (Wildman–Crippen MR) is 99.9 cm³/mol. The van der Waals surface area contributed by atoms with E-state index in [1.807, 2.05) is 29.2 Å². The molecule has 0 bridgehead atoms. The first-order valence-electron chi connectivity index (χ1n) is 9.33. The molecule has 5 heteroatoms. The predicted octanol–water partition coefficient (Wildman–Crippen LogP) is 3.48. The number of rotatable bonds is 9. The fourth-order valence-electron chi connectivity index (χ4n) is 3.17. The summed E-state index contributed by atoms with van der Waals surface area (Å²) in [5.41, 5.74) is 0.828. The van der Waals surface area contributed by atoms with Gasteiger partial charge in [-0.25, -0.2) is 0 Å². The summed E-state index contributed by atoms with van der Waals surface area (Å²) in [5, 5.41) is 0. The minimum Gasteiger partial charge on any atom is -0.497 e. The highest BCUT2D eigenvalue weighted by Crippen LogP contribution is 2.28. The Morgan fingerprint density at radius 1 is 1.16 bits per heavy atom. The first-order chi connectivity index (χ1) is 12.1. The molecule has 0 aromatic heterocycles. The van der Waals surface area contributed by atoms with Crippen molar-refractivity contribution < 1.29 is 14.3 Å². The van der Waals surface area contributed by atoms with Crippen LogP contribution in [-0.2, 0) is 9.59 Å². The first kappa shape index (κ1) is 19.3. The van der Waals surface area contributed by atoms with Gasteiger partial charge in [0.1, 0.15) is 5.75 Å². The van der Waals surface area contributed by atoms with Crippen molar-refractivity contribution in [2.24, 2.45) is 5.92 Å². The number of nitrogens with zero attached hydrogens (tertiary/aromatic N) is 2. The smallest absolute Gasteiger partial charge is 0.228 e. The monoisotopic (exact) mass is 346 g/mol. The summed E-state index contributed by atoms with van der Waals surface area (Å²) >= 11 is 0. The summed E-state index contributed by atoms with van der Waals surface area (Å²) in [5.74, 6) is 0.678. The van der Waals surface area contributed by atoms with Crippen LogP contribution in [0.15, 0.2) is 24.3 Å². The van der Waals surface area contributed by atoms with Crippen LogP contribution < -0.4 is 9.64 Å². The SMILES string of the molecule is CCCCN(CCCC)C(=O)C1CC(=O)N(c2ccc(OC)cc2)C1. The number of unbranched alkanes of at least 4 members (excludes halogenated alkanes) is 2. The third-order valence-corrected chi connectivity index (χ3v) is 4.73. The molecule has 138 valence electrons. The lowest BCUT2D eigenvalue weighted by atomic mass is 10.1. The van der Waals surface area contributed by atoms with E-state index in [-0.39, 0.29) is 17.7 Å². The number of amides is 2. The minimum absolute atomic E-state index is 0.0226. The highest BCUT2D eigenvalue weighted by atomic mass is 16.5. The van der Waals surface area contributed by atoms with Crippen molar-refractivity contribution in [2.75, 3.05) is 31.6 Å². The van der Waals surface area contributed by atoms with Crippen molar-refractivity contribution in [3.63, 3.8) is 0 Å². The lowest BCUT2D eigenvalue weighted by Crippen LogP contribution is -2.38. The van der Waals surface area contributed by atoms with E-state index in [1.165, 1.54) is 0 Å². The van der Waals surface area contributed by atoms with Gasteiger partial charge in [-0.15, -0.1) is 0 Å². The third-order valence-electron chi connectivity index (χ3n) is 4.73. The Balaban J connectivity index is 2.04. The summed E-state index contributed by atoms with van der Waals surface area (Å²) in [6, 6.07) is 7.42. The first-order valence-corrected chi connectivity index (χ1v) is 9.33. The van der Waals surface area contributed by atoms with E-state index < -0.39 is 0 Å². The molecule has 0 aliphatic carbocycles. The highest BCUT2D eigenvalue weighted by Gasteiger charge is 2.36. The molecule has 1 heterocycles. The lowest BCUT2D eigenvalue weighted by molar-refractivity contribution is -0.136. The average molecular weight is 346 g/mol. The zero-order valence-electron chi connectivity index (χ0n) is 15.7. The Morgan fingerprint density at radius 3 is 2.28 bits per heavy atom. The molecule has 1 saturated heterocycles. The molecule has 1 fully saturated rings.